The lowest BCUT2D eigenvalue weighted by Gasteiger charge is -2.41. The van der Waals surface area contributed by atoms with Crippen LogP contribution < -0.4 is 0 Å². The zero-order chi connectivity index (χ0) is 11.4. The highest BCUT2D eigenvalue weighted by Crippen LogP contribution is 2.47. The van der Waals surface area contributed by atoms with Gasteiger partial charge in [-0.05, 0) is 36.5 Å². The first-order valence-electron chi connectivity index (χ1n) is 7.21. The van der Waals surface area contributed by atoms with E-state index in [1.165, 1.54) is 64.2 Å². The van der Waals surface area contributed by atoms with Gasteiger partial charge in [0.05, 0.1) is 0 Å². The van der Waals surface area contributed by atoms with Crippen molar-refractivity contribution in [2.75, 3.05) is 6.61 Å². The number of hydrogen-bond donors (Lipinski definition) is 1. The summed E-state index contributed by atoms with van der Waals surface area (Å²) in [7, 11) is 0. The van der Waals surface area contributed by atoms with E-state index in [1.54, 1.807) is 5.92 Å². The minimum atomic E-state index is 0.209. The molecule has 1 nitrogen and oxygen atoms in total. The number of rotatable bonds is 4. The van der Waals surface area contributed by atoms with E-state index in [9.17, 15) is 5.11 Å². The summed E-state index contributed by atoms with van der Waals surface area (Å²) in [5, 5.41) is 9.77. The van der Waals surface area contributed by atoms with E-state index in [-0.39, 0.29) is 5.41 Å². The van der Waals surface area contributed by atoms with Gasteiger partial charge in [-0.25, -0.2) is 0 Å². The summed E-state index contributed by atoms with van der Waals surface area (Å²) in [6.45, 7) is 2.71. The molecular weight excluding hydrogens is 196 g/mol. The first kappa shape index (κ1) is 12.4. The second-order valence-electron chi connectivity index (χ2n) is 6.13. The van der Waals surface area contributed by atoms with Gasteiger partial charge in [-0.1, -0.05) is 51.9 Å². The Bertz CT molecular complexity index is 199. The summed E-state index contributed by atoms with van der Waals surface area (Å²) in [4.78, 5) is 0. The zero-order valence-corrected chi connectivity index (χ0v) is 10.8. The van der Waals surface area contributed by atoms with E-state index >= 15 is 0 Å². The summed E-state index contributed by atoms with van der Waals surface area (Å²) in [5.74, 6) is 2.55. The number of aliphatic hydroxyl groups excluding tert-OH is 1. The summed E-state index contributed by atoms with van der Waals surface area (Å²) in [5.41, 5.74) is 0.209. The zero-order valence-electron chi connectivity index (χ0n) is 10.8. The molecule has 0 aromatic heterocycles. The van der Waals surface area contributed by atoms with Gasteiger partial charge in [0.15, 0.2) is 0 Å². The molecule has 0 aromatic rings. The molecule has 16 heavy (non-hydrogen) atoms. The van der Waals surface area contributed by atoms with E-state index in [0.717, 1.165) is 5.92 Å². The lowest BCUT2D eigenvalue weighted by atomic mass is 9.64. The van der Waals surface area contributed by atoms with Gasteiger partial charge in [0, 0.05) is 6.61 Å². The Balaban J connectivity index is 1.91. The van der Waals surface area contributed by atoms with Gasteiger partial charge in [-0.2, -0.15) is 0 Å². The fraction of sp³-hybridized carbons (Fsp3) is 0.933. The van der Waals surface area contributed by atoms with Crippen molar-refractivity contribution < 1.29 is 5.11 Å². The normalized spacial score (nSPS) is 26.4. The van der Waals surface area contributed by atoms with Gasteiger partial charge in [0.25, 0.3) is 0 Å². The molecule has 0 spiro atoms. The molecular formula is C15H27O. The molecule has 2 aliphatic rings. The van der Waals surface area contributed by atoms with Gasteiger partial charge in [-0.3, -0.25) is 0 Å². The Labute approximate surface area is 101 Å². The summed E-state index contributed by atoms with van der Waals surface area (Å²) in [6.07, 6.45) is 13.5. The van der Waals surface area contributed by atoms with Crippen molar-refractivity contribution in [1.82, 2.24) is 0 Å². The molecule has 1 heteroatoms. The minimum absolute atomic E-state index is 0.209. The maximum absolute atomic E-state index is 9.77. The van der Waals surface area contributed by atoms with Gasteiger partial charge < -0.3 is 5.11 Å². The number of aliphatic hydroxyl groups is 1. The van der Waals surface area contributed by atoms with Crippen molar-refractivity contribution in [1.29, 1.82) is 0 Å². The smallest absolute Gasteiger partial charge is 0.0492 e. The second-order valence-corrected chi connectivity index (χ2v) is 6.13. The molecule has 2 rings (SSSR count). The van der Waals surface area contributed by atoms with E-state index in [0.29, 0.717) is 6.61 Å². The van der Waals surface area contributed by atoms with Crippen LogP contribution in [0.1, 0.15) is 71.1 Å². The van der Waals surface area contributed by atoms with E-state index < -0.39 is 0 Å². The van der Waals surface area contributed by atoms with Crippen LogP contribution in [0.5, 0.6) is 0 Å². The quantitative estimate of drug-likeness (QED) is 0.760. The van der Waals surface area contributed by atoms with Crippen LogP contribution in [-0.2, 0) is 0 Å². The average molecular weight is 223 g/mol. The fourth-order valence-electron chi connectivity index (χ4n) is 3.81. The van der Waals surface area contributed by atoms with Crippen molar-refractivity contribution in [3.05, 3.63) is 5.92 Å². The van der Waals surface area contributed by atoms with E-state index in [2.05, 4.69) is 6.92 Å². The van der Waals surface area contributed by atoms with Crippen LogP contribution >= 0.6 is 0 Å². The third kappa shape index (κ3) is 2.61. The Morgan fingerprint density at radius 2 is 1.69 bits per heavy atom. The highest BCUT2D eigenvalue weighted by atomic mass is 16.3. The summed E-state index contributed by atoms with van der Waals surface area (Å²) in [6, 6.07) is 0. The summed E-state index contributed by atoms with van der Waals surface area (Å²) >= 11 is 0. The molecule has 0 atom stereocenters. The predicted octanol–water partition coefficient (Wildman–Crippen LogP) is 4.10. The van der Waals surface area contributed by atoms with Gasteiger partial charge >= 0.3 is 0 Å². The molecule has 2 saturated carbocycles. The van der Waals surface area contributed by atoms with Crippen LogP contribution in [-0.4, -0.2) is 11.7 Å². The molecule has 1 N–H and O–H groups in total. The standard InChI is InChI=1S/C15H27O/c1-13(11-14-7-3-4-8-14)15(12-16)9-5-2-6-10-15/h14,16H,2-12H2,1H3. The lowest BCUT2D eigenvalue weighted by molar-refractivity contribution is 0.0877. The fourth-order valence-corrected chi connectivity index (χ4v) is 3.81. The van der Waals surface area contributed by atoms with Crippen LogP contribution in [0.3, 0.4) is 0 Å². The Morgan fingerprint density at radius 1 is 1.06 bits per heavy atom. The molecule has 0 saturated heterocycles. The lowest BCUT2D eigenvalue weighted by Crippen LogP contribution is -2.34. The van der Waals surface area contributed by atoms with Crippen LogP contribution in [0.2, 0.25) is 0 Å². The van der Waals surface area contributed by atoms with Gasteiger partial charge in [-0.15, -0.1) is 0 Å². The molecule has 0 heterocycles. The van der Waals surface area contributed by atoms with Crippen molar-refractivity contribution in [3.8, 4) is 0 Å². The molecule has 2 aliphatic carbocycles. The first-order valence-corrected chi connectivity index (χ1v) is 7.21. The molecule has 0 aromatic carbocycles. The maximum atomic E-state index is 9.77. The highest BCUT2D eigenvalue weighted by molar-refractivity contribution is 5.06. The van der Waals surface area contributed by atoms with E-state index in [1.807, 2.05) is 0 Å². The van der Waals surface area contributed by atoms with Crippen LogP contribution in [0, 0.1) is 17.3 Å². The summed E-state index contributed by atoms with van der Waals surface area (Å²) < 4.78 is 0. The third-order valence-electron chi connectivity index (χ3n) is 5.09. The molecule has 1 radical (unpaired) electrons. The van der Waals surface area contributed by atoms with Crippen molar-refractivity contribution in [2.45, 2.75) is 71.1 Å². The largest absolute Gasteiger partial charge is 0.396 e. The Morgan fingerprint density at radius 3 is 2.25 bits per heavy atom. The topological polar surface area (TPSA) is 20.2 Å². The van der Waals surface area contributed by atoms with Crippen LogP contribution in [0.25, 0.3) is 0 Å². The van der Waals surface area contributed by atoms with Crippen molar-refractivity contribution >= 4 is 0 Å². The molecule has 0 aliphatic heterocycles. The first-order chi connectivity index (χ1) is 7.77. The molecule has 93 valence electrons. The second kappa shape index (κ2) is 5.53. The molecule has 0 unspecified atom stereocenters. The highest BCUT2D eigenvalue weighted by Gasteiger charge is 2.38. The predicted molar refractivity (Wildman–Crippen MR) is 68.1 cm³/mol. The molecule has 0 amide bonds. The molecule has 0 bridgehead atoms. The van der Waals surface area contributed by atoms with Crippen molar-refractivity contribution in [2.24, 2.45) is 11.3 Å². The SMILES string of the molecule is C[C](CC1CCCC1)C1(CO)CCCCC1. The Hall–Kier alpha value is -0.0400. The maximum Gasteiger partial charge on any atom is 0.0492 e. The van der Waals surface area contributed by atoms with Gasteiger partial charge in [0.1, 0.15) is 0 Å². The Kier molecular flexibility index (Phi) is 4.29. The van der Waals surface area contributed by atoms with E-state index in [4.69, 9.17) is 0 Å². The van der Waals surface area contributed by atoms with Crippen LogP contribution in [0.15, 0.2) is 0 Å². The number of hydrogen-bond acceptors (Lipinski definition) is 1. The minimum Gasteiger partial charge on any atom is -0.396 e. The monoisotopic (exact) mass is 223 g/mol. The van der Waals surface area contributed by atoms with Gasteiger partial charge in [0.2, 0.25) is 0 Å². The molecule has 2 fully saturated rings. The van der Waals surface area contributed by atoms with Crippen molar-refractivity contribution in [3.63, 3.8) is 0 Å². The third-order valence-corrected chi connectivity index (χ3v) is 5.09. The van der Waals surface area contributed by atoms with Crippen LogP contribution in [0.4, 0.5) is 0 Å². The average Bonchev–Trinajstić information content (AvgIpc) is 2.82.